The van der Waals surface area contributed by atoms with E-state index < -0.39 is 5.41 Å². The highest BCUT2D eigenvalue weighted by atomic mass is 16.5. The van der Waals surface area contributed by atoms with Crippen molar-refractivity contribution in [1.82, 2.24) is 29.9 Å². The summed E-state index contributed by atoms with van der Waals surface area (Å²) in [5.74, 6) is 0. The lowest BCUT2D eigenvalue weighted by atomic mass is 9.84. The summed E-state index contributed by atoms with van der Waals surface area (Å²) in [6.07, 6.45) is 4.90. The lowest BCUT2D eigenvalue weighted by Gasteiger charge is -2.30. The lowest BCUT2D eigenvalue weighted by Crippen LogP contribution is -2.41. The minimum atomic E-state index is -0.721. The van der Waals surface area contributed by atoms with E-state index in [-0.39, 0.29) is 18.4 Å². The van der Waals surface area contributed by atoms with Gasteiger partial charge in [0, 0.05) is 38.0 Å². The molecule has 2 fully saturated rings. The van der Waals surface area contributed by atoms with Gasteiger partial charge in [-0.25, -0.2) is 9.67 Å². The van der Waals surface area contributed by atoms with Crippen LogP contribution < -0.4 is 5.32 Å². The van der Waals surface area contributed by atoms with Gasteiger partial charge in [-0.2, -0.15) is 15.5 Å². The maximum Gasteiger partial charge on any atom is 0.150 e. The lowest BCUT2D eigenvalue weighted by molar-refractivity contribution is -0.0393. The Bertz CT molecular complexity index is 1200. The zero-order valence-corrected chi connectivity index (χ0v) is 19.7. The Morgan fingerprint density at radius 1 is 1.21 bits per heavy atom. The van der Waals surface area contributed by atoms with Gasteiger partial charge in [0.05, 0.1) is 29.3 Å². The topological polar surface area (TPSA) is 103 Å². The van der Waals surface area contributed by atoms with Crippen LogP contribution in [0.1, 0.15) is 63.6 Å². The smallest absolute Gasteiger partial charge is 0.150 e. The number of nitrogens with one attached hydrogen (secondary N) is 1. The molecule has 2 aliphatic rings. The predicted octanol–water partition coefficient (Wildman–Crippen LogP) is 3.38. The van der Waals surface area contributed by atoms with Gasteiger partial charge in [-0.1, -0.05) is 0 Å². The Kier molecular flexibility index (Phi) is 5.69. The number of aromatic nitrogens is 5. The van der Waals surface area contributed by atoms with Crippen molar-refractivity contribution in [3.63, 3.8) is 0 Å². The van der Waals surface area contributed by atoms with Gasteiger partial charge in [0.15, 0.2) is 0 Å². The second kappa shape index (κ2) is 8.52. The summed E-state index contributed by atoms with van der Waals surface area (Å²) in [5, 5.41) is 23.0. The molecule has 0 aromatic carbocycles. The van der Waals surface area contributed by atoms with Gasteiger partial charge in [-0.3, -0.25) is 4.68 Å². The number of aryl methyl sites for hydroxylation is 1. The van der Waals surface area contributed by atoms with Crippen molar-refractivity contribution in [1.29, 1.82) is 5.26 Å². The first-order chi connectivity index (χ1) is 15.9. The van der Waals surface area contributed by atoms with Crippen LogP contribution in [0.25, 0.3) is 22.4 Å². The van der Waals surface area contributed by atoms with Crippen LogP contribution in [0.3, 0.4) is 0 Å². The van der Waals surface area contributed by atoms with Gasteiger partial charge in [0.1, 0.15) is 29.2 Å². The molecule has 3 aromatic heterocycles. The van der Waals surface area contributed by atoms with E-state index in [1.165, 1.54) is 0 Å². The van der Waals surface area contributed by atoms with Crippen molar-refractivity contribution >= 4 is 11.0 Å². The molecule has 3 unspecified atom stereocenters. The van der Waals surface area contributed by atoms with Crippen molar-refractivity contribution in [2.24, 2.45) is 7.05 Å². The van der Waals surface area contributed by atoms with Crippen molar-refractivity contribution in [2.45, 2.75) is 63.8 Å². The molecule has 0 bridgehead atoms. The van der Waals surface area contributed by atoms with Crippen LogP contribution in [0.15, 0.2) is 18.3 Å². The Balaban J connectivity index is 1.66. The van der Waals surface area contributed by atoms with E-state index in [0.717, 1.165) is 60.4 Å². The third-order valence-electron chi connectivity index (χ3n) is 6.68. The quantitative estimate of drug-likeness (QED) is 0.651. The molecule has 2 saturated heterocycles. The van der Waals surface area contributed by atoms with Gasteiger partial charge in [-0.15, -0.1) is 0 Å². The summed E-state index contributed by atoms with van der Waals surface area (Å²) >= 11 is 0. The molecule has 9 nitrogen and oxygen atoms in total. The Labute approximate surface area is 193 Å². The third kappa shape index (κ3) is 3.92. The molecule has 3 atom stereocenters. The van der Waals surface area contributed by atoms with E-state index in [1.54, 1.807) is 0 Å². The first kappa shape index (κ1) is 22.0. The molecule has 1 N–H and O–H groups in total. The number of fused-ring (bicyclic) bond motifs is 1. The molecule has 174 valence electrons. The van der Waals surface area contributed by atoms with Crippen LogP contribution in [0.2, 0.25) is 0 Å². The summed E-state index contributed by atoms with van der Waals surface area (Å²) in [5.41, 5.74) is 4.02. The molecule has 2 aliphatic heterocycles. The molecule has 0 radical (unpaired) electrons. The van der Waals surface area contributed by atoms with E-state index in [1.807, 2.05) is 48.6 Å². The van der Waals surface area contributed by atoms with Crippen molar-refractivity contribution < 1.29 is 9.47 Å². The molecule has 0 saturated carbocycles. The van der Waals surface area contributed by atoms with Crippen LogP contribution in [-0.2, 0) is 21.9 Å². The summed E-state index contributed by atoms with van der Waals surface area (Å²) < 4.78 is 15.7. The first-order valence-corrected chi connectivity index (χ1v) is 11.7. The molecule has 0 spiro atoms. The number of ether oxygens (including phenoxy) is 2. The summed E-state index contributed by atoms with van der Waals surface area (Å²) in [6, 6.07) is 6.54. The number of hydrogen-bond donors (Lipinski definition) is 1. The van der Waals surface area contributed by atoms with E-state index >= 15 is 0 Å². The fourth-order valence-corrected chi connectivity index (χ4v) is 4.78. The van der Waals surface area contributed by atoms with Crippen LogP contribution in [0.4, 0.5) is 0 Å². The number of nitrogens with zero attached hydrogens (tertiary/aromatic N) is 6. The van der Waals surface area contributed by atoms with Gasteiger partial charge in [0.2, 0.25) is 0 Å². The van der Waals surface area contributed by atoms with Gasteiger partial charge < -0.3 is 14.8 Å². The predicted molar refractivity (Wildman–Crippen MR) is 123 cm³/mol. The van der Waals surface area contributed by atoms with Gasteiger partial charge >= 0.3 is 0 Å². The molecule has 33 heavy (non-hydrogen) atoms. The largest absolute Gasteiger partial charge is 0.369 e. The number of nitriles is 1. The number of pyridine rings is 1. The highest BCUT2D eigenvalue weighted by Crippen LogP contribution is 2.37. The highest BCUT2D eigenvalue weighted by molar-refractivity contribution is 5.92. The zero-order chi connectivity index (χ0) is 23.2. The minimum Gasteiger partial charge on any atom is -0.369 e. The fraction of sp³-hybridized carbons (Fsp3) is 0.583. The summed E-state index contributed by atoms with van der Waals surface area (Å²) in [6.45, 7) is 8.15. The second-order valence-electron chi connectivity index (χ2n) is 9.54. The van der Waals surface area contributed by atoms with Crippen LogP contribution in [0.5, 0.6) is 0 Å². The molecule has 9 heteroatoms. The number of morpholine rings is 1. The highest BCUT2D eigenvalue weighted by Gasteiger charge is 2.32. The van der Waals surface area contributed by atoms with Crippen LogP contribution >= 0.6 is 0 Å². The Morgan fingerprint density at radius 2 is 2.06 bits per heavy atom. The standard InChI is InChI=1S/C24H31N7O2/c1-15-23(33-12-9-26-15)18-13-16(24(2,3)14-25)22-21(27-18)20(29-30(22)4)17-8-10-31(28-17)19-7-5-6-11-32-19/h8,10,13,15,19,23,26H,5-7,9,11-12H2,1-4H3. The molecular weight excluding hydrogens is 418 g/mol. The van der Waals surface area contributed by atoms with E-state index in [9.17, 15) is 5.26 Å². The molecule has 0 amide bonds. The SMILES string of the molecule is CC1NCCOC1c1cc(C(C)(C)C#N)c2c(n1)c(-c1ccn(C3CCCCO3)n1)nn2C. The molecule has 3 aromatic rings. The molecular formula is C24H31N7O2. The molecule has 0 aliphatic carbocycles. The summed E-state index contributed by atoms with van der Waals surface area (Å²) in [4.78, 5) is 5.04. The number of rotatable bonds is 4. The molecule has 5 heterocycles. The van der Waals surface area contributed by atoms with E-state index in [2.05, 4.69) is 18.3 Å². The van der Waals surface area contributed by atoms with E-state index in [0.29, 0.717) is 12.3 Å². The zero-order valence-electron chi connectivity index (χ0n) is 19.7. The monoisotopic (exact) mass is 449 g/mol. The minimum absolute atomic E-state index is 0.0401. The Hall–Kier alpha value is -2.80. The maximum atomic E-state index is 9.95. The Morgan fingerprint density at radius 3 is 2.79 bits per heavy atom. The summed E-state index contributed by atoms with van der Waals surface area (Å²) in [7, 11) is 1.90. The van der Waals surface area contributed by atoms with Crippen molar-refractivity contribution in [3.8, 4) is 17.5 Å². The van der Waals surface area contributed by atoms with Gasteiger partial charge in [-0.05, 0) is 52.2 Å². The average molecular weight is 450 g/mol. The first-order valence-electron chi connectivity index (χ1n) is 11.7. The molecule has 5 rings (SSSR count). The fourth-order valence-electron chi connectivity index (χ4n) is 4.78. The van der Waals surface area contributed by atoms with E-state index in [4.69, 9.17) is 24.7 Å². The van der Waals surface area contributed by atoms with Crippen molar-refractivity contribution in [2.75, 3.05) is 19.8 Å². The van der Waals surface area contributed by atoms with Crippen LogP contribution in [0, 0.1) is 11.3 Å². The third-order valence-corrected chi connectivity index (χ3v) is 6.68. The number of hydrogen-bond acceptors (Lipinski definition) is 7. The van der Waals surface area contributed by atoms with Crippen LogP contribution in [-0.4, -0.2) is 50.3 Å². The van der Waals surface area contributed by atoms with Crippen molar-refractivity contribution in [3.05, 3.63) is 29.6 Å². The normalized spacial score (nSPS) is 24.2. The maximum absolute atomic E-state index is 9.95. The van der Waals surface area contributed by atoms with Gasteiger partial charge in [0.25, 0.3) is 0 Å². The average Bonchev–Trinajstić information content (AvgIpc) is 3.44. The second-order valence-corrected chi connectivity index (χ2v) is 9.54.